The third kappa shape index (κ3) is 3.11. The Kier molecular flexibility index (Phi) is 3.84. The number of halogens is 4. The highest BCUT2D eigenvalue weighted by Crippen LogP contribution is 2.17. The zero-order valence-electron chi connectivity index (χ0n) is 9.25. The minimum absolute atomic E-state index is 0.260. The van der Waals surface area contributed by atoms with Gasteiger partial charge in [-0.05, 0) is 28.1 Å². The number of carbonyl (C=O) groups excluding carboxylic acids is 1. The van der Waals surface area contributed by atoms with Crippen LogP contribution in [-0.4, -0.2) is 10.9 Å². The van der Waals surface area contributed by atoms with Gasteiger partial charge in [-0.3, -0.25) is 4.79 Å². The van der Waals surface area contributed by atoms with E-state index in [2.05, 4.69) is 26.2 Å². The van der Waals surface area contributed by atoms with Crippen LogP contribution in [0.1, 0.15) is 10.4 Å². The van der Waals surface area contributed by atoms with E-state index in [-0.39, 0.29) is 5.69 Å². The molecule has 1 aromatic heterocycles. The van der Waals surface area contributed by atoms with Gasteiger partial charge in [0.1, 0.15) is 27.6 Å². The fraction of sp³-hybridized carbons (Fsp3) is 0. The zero-order chi connectivity index (χ0) is 14.0. The second-order valence-electron chi connectivity index (χ2n) is 3.57. The molecule has 0 saturated carbocycles. The molecule has 0 bridgehead atoms. The molecule has 0 aliphatic heterocycles. The fourth-order valence-electron chi connectivity index (χ4n) is 1.40. The minimum Gasteiger partial charge on any atom is -0.320 e. The predicted molar refractivity (Wildman–Crippen MR) is 66.2 cm³/mol. The first-order valence-corrected chi connectivity index (χ1v) is 5.84. The molecule has 7 heteroatoms. The van der Waals surface area contributed by atoms with Gasteiger partial charge in [-0.25, -0.2) is 18.2 Å². The third-order valence-electron chi connectivity index (χ3n) is 2.22. The highest BCUT2D eigenvalue weighted by molar-refractivity contribution is 9.10. The van der Waals surface area contributed by atoms with Crippen molar-refractivity contribution < 1.29 is 18.0 Å². The highest BCUT2D eigenvalue weighted by Gasteiger charge is 2.19. The van der Waals surface area contributed by atoms with E-state index >= 15 is 0 Å². The van der Waals surface area contributed by atoms with Crippen molar-refractivity contribution in [3.8, 4) is 0 Å². The zero-order valence-corrected chi connectivity index (χ0v) is 10.8. The number of nitrogens with one attached hydrogen (secondary N) is 1. The SMILES string of the molecule is O=C(Nc1ccc(Br)nc1)c1c(F)cc(F)cc1F. The van der Waals surface area contributed by atoms with Gasteiger partial charge in [-0.2, -0.15) is 0 Å². The Morgan fingerprint density at radius 3 is 2.32 bits per heavy atom. The largest absolute Gasteiger partial charge is 0.320 e. The van der Waals surface area contributed by atoms with E-state index in [9.17, 15) is 18.0 Å². The lowest BCUT2D eigenvalue weighted by molar-refractivity contribution is 0.101. The van der Waals surface area contributed by atoms with Crippen molar-refractivity contribution in [3.63, 3.8) is 0 Å². The number of anilines is 1. The summed E-state index contributed by atoms with van der Waals surface area (Å²) >= 11 is 3.10. The monoisotopic (exact) mass is 330 g/mol. The first-order valence-electron chi connectivity index (χ1n) is 5.05. The Morgan fingerprint density at radius 2 is 1.79 bits per heavy atom. The van der Waals surface area contributed by atoms with Crippen LogP contribution in [0.15, 0.2) is 35.1 Å². The maximum atomic E-state index is 13.4. The smallest absolute Gasteiger partial charge is 0.261 e. The maximum absolute atomic E-state index is 13.4. The summed E-state index contributed by atoms with van der Waals surface area (Å²) in [5.41, 5.74) is -0.583. The molecule has 0 spiro atoms. The molecule has 0 unspecified atom stereocenters. The van der Waals surface area contributed by atoms with E-state index in [1.807, 2.05) is 0 Å². The standard InChI is InChI=1S/C12H6BrF3N2O/c13-10-2-1-7(5-17-10)18-12(19)11-8(15)3-6(14)4-9(11)16/h1-5H,(H,18,19). The van der Waals surface area contributed by atoms with Crippen LogP contribution in [0, 0.1) is 17.5 Å². The van der Waals surface area contributed by atoms with Crippen molar-refractivity contribution in [2.24, 2.45) is 0 Å². The number of nitrogens with zero attached hydrogens (tertiary/aromatic N) is 1. The van der Waals surface area contributed by atoms with E-state index in [0.29, 0.717) is 16.7 Å². The van der Waals surface area contributed by atoms with Gasteiger partial charge in [0, 0.05) is 12.1 Å². The van der Waals surface area contributed by atoms with Crippen LogP contribution in [-0.2, 0) is 0 Å². The van der Waals surface area contributed by atoms with Crippen LogP contribution >= 0.6 is 15.9 Å². The second-order valence-corrected chi connectivity index (χ2v) is 4.38. The van der Waals surface area contributed by atoms with E-state index in [0.717, 1.165) is 0 Å². The topological polar surface area (TPSA) is 42.0 Å². The van der Waals surface area contributed by atoms with Gasteiger partial charge >= 0.3 is 0 Å². The van der Waals surface area contributed by atoms with E-state index in [1.165, 1.54) is 12.3 Å². The van der Waals surface area contributed by atoms with E-state index < -0.39 is 28.9 Å². The van der Waals surface area contributed by atoms with Gasteiger partial charge in [0.25, 0.3) is 5.91 Å². The van der Waals surface area contributed by atoms with E-state index in [4.69, 9.17) is 0 Å². The predicted octanol–water partition coefficient (Wildman–Crippen LogP) is 3.51. The molecule has 1 amide bonds. The molecule has 0 saturated heterocycles. The number of benzene rings is 1. The fourth-order valence-corrected chi connectivity index (χ4v) is 1.64. The van der Waals surface area contributed by atoms with Crippen LogP contribution in [0.25, 0.3) is 0 Å². The summed E-state index contributed by atoms with van der Waals surface area (Å²) in [6.07, 6.45) is 1.31. The summed E-state index contributed by atoms with van der Waals surface area (Å²) in [7, 11) is 0. The summed E-state index contributed by atoms with van der Waals surface area (Å²) in [5, 5.41) is 2.26. The lowest BCUT2D eigenvalue weighted by Gasteiger charge is -2.07. The van der Waals surface area contributed by atoms with Crippen molar-refractivity contribution in [2.75, 3.05) is 5.32 Å². The van der Waals surface area contributed by atoms with Crippen LogP contribution in [0.4, 0.5) is 18.9 Å². The van der Waals surface area contributed by atoms with Crippen molar-refractivity contribution in [1.82, 2.24) is 4.98 Å². The number of pyridine rings is 1. The summed E-state index contributed by atoms with van der Waals surface area (Å²) in [6, 6.07) is 3.93. The molecule has 0 aliphatic carbocycles. The Bertz CT molecular complexity index is 608. The van der Waals surface area contributed by atoms with E-state index in [1.54, 1.807) is 6.07 Å². The van der Waals surface area contributed by atoms with Gasteiger partial charge in [0.2, 0.25) is 0 Å². The minimum atomic E-state index is -1.26. The van der Waals surface area contributed by atoms with Crippen LogP contribution in [0.3, 0.4) is 0 Å². The molecule has 2 aromatic rings. The maximum Gasteiger partial charge on any atom is 0.261 e. The van der Waals surface area contributed by atoms with Crippen LogP contribution in [0.2, 0.25) is 0 Å². The average Bonchev–Trinajstić information content (AvgIpc) is 2.30. The second kappa shape index (κ2) is 5.40. The summed E-state index contributed by atoms with van der Waals surface area (Å²) in [4.78, 5) is 15.5. The third-order valence-corrected chi connectivity index (χ3v) is 2.69. The Balaban J connectivity index is 2.28. The summed E-state index contributed by atoms with van der Waals surface area (Å²) < 4.78 is 40.0. The Hall–Kier alpha value is -1.89. The first kappa shape index (κ1) is 13.5. The highest BCUT2D eigenvalue weighted by atomic mass is 79.9. The molecule has 98 valence electrons. The Morgan fingerprint density at radius 1 is 1.16 bits per heavy atom. The van der Waals surface area contributed by atoms with Crippen molar-refractivity contribution in [1.29, 1.82) is 0 Å². The van der Waals surface area contributed by atoms with Gasteiger partial charge in [-0.1, -0.05) is 0 Å². The lowest BCUT2D eigenvalue weighted by Crippen LogP contribution is -2.16. The normalized spacial score (nSPS) is 10.3. The van der Waals surface area contributed by atoms with Crippen molar-refractivity contribution in [2.45, 2.75) is 0 Å². The molecule has 0 aliphatic rings. The number of carbonyl (C=O) groups is 1. The molecule has 0 radical (unpaired) electrons. The van der Waals surface area contributed by atoms with Crippen LogP contribution in [0.5, 0.6) is 0 Å². The molecule has 1 heterocycles. The number of hydrogen-bond donors (Lipinski definition) is 1. The van der Waals surface area contributed by atoms with Crippen molar-refractivity contribution in [3.05, 3.63) is 58.1 Å². The van der Waals surface area contributed by atoms with Gasteiger partial charge < -0.3 is 5.32 Å². The molecular weight excluding hydrogens is 325 g/mol. The Labute approximate surface area is 114 Å². The average molecular weight is 331 g/mol. The summed E-state index contributed by atoms with van der Waals surface area (Å²) in [6.45, 7) is 0. The van der Waals surface area contributed by atoms with Gasteiger partial charge in [-0.15, -0.1) is 0 Å². The molecule has 0 atom stereocenters. The van der Waals surface area contributed by atoms with Crippen molar-refractivity contribution >= 4 is 27.5 Å². The molecule has 19 heavy (non-hydrogen) atoms. The molecule has 2 rings (SSSR count). The quantitative estimate of drug-likeness (QED) is 0.856. The summed E-state index contributed by atoms with van der Waals surface area (Å²) in [5.74, 6) is -4.63. The van der Waals surface area contributed by atoms with Crippen LogP contribution < -0.4 is 5.32 Å². The molecule has 0 fully saturated rings. The van der Waals surface area contributed by atoms with Gasteiger partial charge in [0.05, 0.1) is 11.9 Å². The number of amides is 1. The number of rotatable bonds is 2. The first-order chi connectivity index (χ1) is 8.97. The number of hydrogen-bond acceptors (Lipinski definition) is 2. The lowest BCUT2D eigenvalue weighted by atomic mass is 10.1. The van der Waals surface area contributed by atoms with Gasteiger partial charge in [0.15, 0.2) is 0 Å². The molecular formula is C12H6BrF3N2O. The molecule has 1 N–H and O–H groups in total. The molecule has 1 aromatic carbocycles. The number of aromatic nitrogens is 1. The molecule has 3 nitrogen and oxygen atoms in total.